The van der Waals surface area contributed by atoms with E-state index in [0.717, 1.165) is 38.6 Å². The van der Waals surface area contributed by atoms with Crippen LogP contribution in [0.15, 0.2) is 0 Å². The average Bonchev–Trinajstić information content (AvgIpc) is 3.11. The van der Waals surface area contributed by atoms with Gasteiger partial charge in [-0.1, -0.05) is 0 Å². The van der Waals surface area contributed by atoms with Crippen molar-refractivity contribution in [3.63, 3.8) is 0 Å². The molecule has 5 unspecified atom stereocenters. The summed E-state index contributed by atoms with van der Waals surface area (Å²) in [5.74, 6) is -1.37. The van der Waals surface area contributed by atoms with Crippen molar-refractivity contribution in [2.24, 2.45) is 17.3 Å². The first kappa shape index (κ1) is 22.5. The summed E-state index contributed by atoms with van der Waals surface area (Å²) >= 11 is 0. The van der Waals surface area contributed by atoms with Gasteiger partial charge in [-0.05, 0) is 64.5 Å². The lowest BCUT2D eigenvalue weighted by atomic mass is 9.42. The predicted octanol–water partition coefficient (Wildman–Crippen LogP) is 0.690. The number of hydrogen-bond acceptors (Lipinski definition) is 7. The largest absolute Gasteiger partial charge is 0.481 e. The average molecular weight is 453 g/mol. The zero-order valence-corrected chi connectivity index (χ0v) is 18.9. The lowest BCUT2D eigenvalue weighted by molar-refractivity contribution is -0.269. The molecular formula is C23H36N2O7. The molecule has 3 aliphatic carbocycles. The van der Waals surface area contributed by atoms with Crippen LogP contribution in [0.25, 0.3) is 0 Å². The van der Waals surface area contributed by atoms with E-state index in [1.807, 2.05) is 0 Å². The number of carboxylic acid groups (broad SMARTS) is 2. The Balaban J connectivity index is 1.52. The van der Waals surface area contributed by atoms with E-state index in [2.05, 4.69) is 17.3 Å². The highest BCUT2D eigenvalue weighted by atomic mass is 16.5. The molecule has 32 heavy (non-hydrogen) atoms. The number of carboxylic acids is 2. The number of nitrogens with one attached hydrogen (secondary N) is 1. The number of ether oxygens (including phenoxy) is 2. The Morgan fingerprint density at radius 1 is 1.25 bits per heavy atom. The quantitative estimate of drug-likeness (QED) is 0.441. The van der Waals surface area contributed by atoms with E-state index in [-0.39, 0.29) is 54.1 Å². The molecule has 5 rings (SSSR count). The van der Waals surface area contributed by atoms with Gasteiger partial charge in [0.25, 0.3) is 0 Å². The third kappa shape index (κ3) is 2.94. The Bertz CT molecular complexity index is 779. The van der Waals surface area contributed by atoms with Crippen molar-refractivity contribution in [2.75, 3.05) is 20.7 Å². The number of nitrogens with zero attached hydrogens (tertiary/aromatic N) is 1. The number of piperidine rings is 1. The Hall–Kier alpha value is -1.26. The van der Waals surface area contributed by atoms with Crippen molar-refractivity contribution in [3.8, 4) is 0 Å². The molecule has 0 aromatic carbocycles. The Labute approximate surface area is 188 Å². The van der Waals surface area contributed by atoms with E-state index in [0.29, 0.717) is 12.3 Å². The van der Waals surface area contributed by atoms with Gasteiger partial charge in [-0.15, -0.1) is 0 Å². The molecule has 9 heteroatoms. The van der Waals surface area contributed by atoms with E-state index in [1.54, 1.807) is 7.11 Å². The van der Waals surface area contributed by atoms with Crippen LogP contribution < -0.4 is 5.32 Å². The Morgan fingerprint density at radius 3 is 2.72 bits per heavy atom. The summed E-state index contributed by atoms with van der Waals surface area (Å²) in [6, 6.07) is -0.875. The van der Waals surface area contributed by atoms with Crippen LogP contribution in [0.4, 0.5) is 0 Å². The SMILES string of the molecule is CO[C@]12CC[C@@H](N[C@@H](CCC(=O)O)C(=O)O)[C@@H]3OC4C(O)CCC5CC1N(C)CC[C@]32C54. The second-order valence-electron chi connectivity index (χ2n) is 10.7. The summed E-state index contributed by atoms with van der Waals surface area (Å²) in [4.78, 5) is 25.4. The lowest BCUT2D eigenvalue weighted by Gasteiger charge is -2.69. The minimum atomic E-state index is -1.04. The van der Waals surface area contributed by atoms with E-state index in [1.165, 1.54) is 0 Å². The molecule has 2 saturated heterocycles. The summed E-state index contributed by atoms with van der Waals surface area (Å²) in [5.41, 5.74) is -0.657. The summed E-state index contributed by atoms with van der Waals surface area (Å²) in [6.07, 6.45) is 3.97. The summed E-state index contributed by atoms with van der Waals surface area (Å²) < 4.78 is 13.1. The lowest BCUT2D eigenvalue weighted by Crippen LogP contribution is -2.78. The van der Waals surface area contributed by atoms with Gasteiger partial charge < -0.3 is 29.7 Å². The molecule has 2 aliphatic heterocycles. The third-order valence-corrected chi connectivity index (χ3v) is 9.66. The standard InChI is InChI=1S/C23H36N2O7/c1-25-10-9-22-18-12-3-5-15(26)19(18)32-20(22)13(7-8-23(22,31-2)16(25)11-12)24-14(21(29)30)4-6-17(27)28/h12-16,18-20,24,26H,3-11H2,1-2H3,(H,27,28)(H,29,30)/t12?,13-,14+,15?,16?,18?,19?,20+,22+,23-/m1/s1. The van der Waals surface area contributed by atoms with E-state index < -0.39 is 24.1 Å². The monoisotopic (exact) mass is 452 g/mol. The van der Waals surface area contributed by atoms with Crippen LogP contribution in [0, 0.1) is 17.3 Å². The van der Waals surface area contributed by atoms with E-state index in [4.69, 9.17) is 14.6 Å². The van der Waals surface area contributed by atoms with Gasteiger partial charge >= 0.3 is 11.9 Å². The molecule has 0 radical (unpaired) electrons. The number of methoxy groups -OCH3 is 1. The molecule has 0 aromatic heterocycles. The Kier molecular flexibility index (Phi) is 5.57. The first-order valence-corrected chi connectivity index (χ1v) is 12.0. The molecule has 5 fully saturated rings. The van der Waals surface area contributed by atoms with Gasteiger partial charge in [0.1, 0.15) is 6.04 Å². The number of aliphatic hydroxyl groups is 1. The number of likely N-dealkylation sites (tertiary alicyclic amines) is 1. The number of likely N-dealkylation sites (N-methyl/N-ethyl adjacent to an activating group) is 1. The summed E-state index contributed by atoms with van der Waals surface area (Å²) in [5, 5.41) is 33.0. The number of aliphatic carboxylic acids is 2. The number of hydrogen-bond donors (Lipinski definition) is 4. The van der Waals surface area contributed by atoms with Gasteiger partial charge in [-0.25, -0.2) is 0 Å². The highest BCUT2D eigenvalue weighted by molar-refractivity contribution is 5.75. The fraction of sp³-hybridized carbons (Fsp3) is 0.913. The van der Waals surface area contributed by atoms with Gasteiger partial charge in [0.05, 0.1) is 23.9 Å². The zero-order valence-electron chi connectivity index (χ0n) is 18.9. The molecule has 0 aromatic rings. The van der Waals surface area contributed by atoms with Crippen LogP contribution in [-0.4, -0.2) is 94.9 Å². The first-order valence-electron chi connectivity index (χ1n) is 12.0. The number of aliphatic hydroxyl groups excluding tert-OH is 1. The summed E-state index contributed by atoms with van der Waals surface area (Å²) in [6.45, 7) is 0.926. The maximum Gasteiger partial charge on any atom is 0.320 e. The van der Waals surface area contributed by atoms with Crippen molar-refractivity contribution in [2.45, 2.75) is 93.4 Å². The van der Waals surface area contributed by atoms with E-state index in [9.17, 15) is 19.8 Å². The zero-order chi connectivity index (χ0) is 22.8. The molecular weight excluding hydrogens is 416 g/mol. The molecule has 4 N–H and O–H groups in total. The van der Waals surface area contributed by atoms with Crippen LogP contribution in [0.2, 0.25) is 0 Å². The molecule has 2 bridgehead atoms. The summed E-state index contributed by atoms with van der Waals surface area (Å²) in [7, 11) is 3.98. The number of carbonyl (C=O) groups is 2. The molecule has 9 nitrogen and oxygen atoms in total. The van der Waals surface area contributed by atoms with Crippen molar-refractivity contribution in [1.82, 2.24) is 10.2 Å². The van der Waals surface area contributed by atoms with Crippen LogP contribution in [-0.2, 0) is 19.1 Å². The van der Waals surface area contributed by atoms with Crippen molar-refractivity contribution >= 4 is 11.9 Å². The highest BCUT2D eigenvalue weighted by Crippen LogP contribution is 2.70. The molecule has 5 aliphatic rings. The second-order valence-corrected chi connectivity index (χ2v) is 10.7. The fourth-order valence-electron chi connectivity index (χ4n) is 8.53. The second kappa shape index (κ2) is 7.91. The van der Waals surface area contributed by atoms with E-state index >= 15 is 0 Å². The molecule has 0 amide bonds. The van der Waals surface area contributed by atoms with Crippen LogP contribution in [0.3, 0.4) is 0 Å². The third-order valence-electron chi connectivity index (χ3n) is 9.66. The highest BCUT2D eigenvalue weighted by Gasteiger charge is 2.78. The van der Waals surface area contributed by atoms with Crippen molar-refractivity contribution in [3.05, 3.63) is 0 Å². The minimum absolute atomic E-state index is 0.0276. The minimum Gasteiger partial charge on any atom is -0.481 e. The maximum absolute atomic E-state index is 11.9. The first-order chi connectivity index (χ1) is 15.2. The smallest absolute Gasteiger partial charge is 0.320 e. The molecule has 180 valence electrons. The van der Waals surface area contributed by atoms with Crippen LogP contribution in [0.1, 0.15) is 51.4 Å². The van der Waals surface area contributed by atoms with Gasteiger partial charge in [0.2, 0.25) is 0 Å². The normalized spacial score (nSPS) is 48.2. The van der Waals surface area contributed by atoms with Crippen LogP contribution >= 0.6 is 0 Å². The Morgan fingerprint density at radius 2 is 2.03 bits per heavy atom. The topological polar surface area (TPSA) is 129 Å². The predicted molar refractivity (Wildman–Crippen MR) is 113 cm³/mol. The van der Waals surface area contributed by atoms with Crippen LogP contribution in [0.5, 0.6) is 0 Å². The van der Waals surface area contributed by atoms with Crippen molar-refractivity contribution < 1.29 is 34.4 Å². The molecule has 1 spiro atoms. The maximum atomic E-state index is 11.9. The molecule has 2 heterocycles. The van der Waals surface area contributed by atoms with Gasteiger partial charge in [-0.2, -0.15) is 0 Å². The van der Waals surface area contributed by atoms with Gasteiger partial charge in [-0.3, -0.25) is 14.9 Å². The molecule has 3 saturated carbocycles. The van der Waals surface area contributed by atoms with Gasteiger partial charge in [0, 0.05) is 36.9 Å². The van der Waals surface area contributed by atoms with Crippen molar-refractivity contribution in [1.29, 1.82) is 0 Å². The molecule has 10 atom stereocenters. The number of rotatable bonds is 7. The fourth-order valence-corrected chi connectivity index (χ4v) is 8.53. The van der Waals surface area contributed by atoms with Gasteiger partial charge in [0.15, 0.2) is 0 Å².